The van der Waals surface area contributed by atoms with Gasteiger partial charge in [-0.25, -0.2) is 0 Å². The Morgan fingerprint density at radius 1 is 1.37 bits per heavy atom. The van der Waals surface area contributed by atoms with E-state index >= 15 is 0 Å². The van der Waals surface area contributed by atoms with Crippen LogP contribution in [0.3, 0.4) is 0 Å². The molecule has 1 amide bonds. The number of para-hydroxylation sites is 1. The molecule has 1 rings (SSSR count). The molecule has 0 aliphatic rings. The molecule has 0 aromatic heterocycles. The Morgan fingerprint density at radius 3 is 2.84 bits per heavy atom. The van der Waals surface area contributed by atoms with Crippen LogP contribution in [-0.2, 0) is 4.74 Å². The molecule has 6 heteroatoms. The molecule has 0 heterocycles. The van der Waals surface area contributed by atoms with Gasteiger partial charge < -0.3 is 25.0 Å². The molecule has 0 aliphatic carbocycles. The second-order valence-corrected chi connectivity index (χ2v) is 3.80. The van der Waals surface area contributed by atoms with Gasteiger partial charge in [-0.05, 0) is 18.6 Å². The zero-order chi connectivity index (χ0) is 14.1. The molecular weight excluding hydrogens is 250 g/mol. The number of aliphatic hydroxyl groups is 1. The van der Waals surface area contributed by atoms with Crippen LogP contribution >= 0.6 is 0 Å². The monoisotopic (exact) mass is 269 g/mol. The summed E-state index contributed by atoms with van der Waals surface area (Å²) in [4.78, 5) is 11.8. The third-order valence-corrected chi connectivity index (χ3v) is 2.45. The van der Waals surface area contributed by atoms with Crippen molar-refractivity contribution in [1.82, 2.24) is 5.32 Å². The summed E-state index contributed by atoms with van der Waals surface area (Å²) in [6.07, 6.45) is 0.635. The van der Waals surface area contributed by atoms with Gasteiger partial charge in [0.25, 0.3) is 5.91 Å². The maximum absolute atomic E-state index is 11.8. The van der Waals surface area contributed by atoms with E-state index in [-0.39, 0.29) is 29.6 Å². The Balaban J connectivity index is 2.41. The predicted molar refractivity (Wildman–Crippen MR) is 69.5 cm³/mol. The first kappa shape index (κ1) is 15.3. The highest BCUT2D eigenvalue weighted by Gasteiger charge is 2.13. The van der Waals surface area contributed by atoms with Gasteiger partial charge >= 0.3 is 0 Å². The number of aliphatic hydroxyl groups excluding tert-OH is 1. The number of phenolic OH excluding ortho intramolecular Hbond substituents is 1. The molecule has 0 saturated heterocycles. The molecule has 0 radical (unpaired) electrons. The quantitative estimate of drug-likeness (QED) is 0.599. The highest BCUT2D eigenvalue weighted by Crippen LogP contribution is 2.28. The summed E-state index contributed by atoms with van der Waals surface area (Å²) in [7, 11) is 1.43. The molecule has 19 heavy (non-hydrogen) atoms. The Hall–Kier alpha value is -1.79. The fraction of sp³-hybridized carbons (Fsp3) is 0.462. The maximum atomic E-state index is 11.8. The van der Waals surface area contributed by atoms with Crippen LogP contribution in [0.4, 0.5) is 0 Å². The zero-order valence-corrected chi connectivity index (χ0v) is 10.9. The maximum Gasteiger partial charge on any atom is 0.255 e. The summed E-state index contributed by atoms with van der Waals surface area (Å²) < 4.78 is 9.99. The number of hydrogen-bond donors (Lipinski definition) is 3. The van der Waals surface area contributed by atoms with Crippen LogP contribution in [0, 0.1) is 0 Å². The lowest BCUT2D eigenvalue weighted by Gasteiger charge is -2.09. The van der Waals surface area contributed by atoms with Gasteiger partial charge in [0.05, 0.1) is 25.9 Å². The number of rotatable bonds is 8. The van der Waals surface area contributed by atoms with Gasteiger partial charge in [0, 0.05) is 13.2 Å². The number of benzene rings is 1. The predicted octanol–water partition coefficient (Wildman–Crippen LogP) is 0.530. The molecule has 0 aliphatic heterocycles. The molecule has 0 spiro atoms. The van der Waals surface area contributed by atoms with Gasteiger partial charge in [-0.1, -0.05) is 6.07 Å². The second-order valence-electron chi connectivity index (χ2n) is 3.80. The molecule has 6 nitrogen and oxygen atoms in total. The summed E-state index contributed by atoms with van der Waals surface area (Å²) in [6, 6.07) is 4.74. The van der Waals surface area contributed by atoms with Crippen LogP contribution in [0.2, 0.25) is 0 Å². The minimum atomic E-state index is -0.362. The van der Waals surface area contributed by atoms with Crippen molar-refractivity contribution in [1.29, 1.82) is 0 Å². The third kappa shape index (κ3) is 4.76. The van der Waals surface area contributed by atoms with E-state index in [1.807, 2.05) is 0 Å². The normalized spacial score (nSPS) is 10.2. The molecular formula is C13H19NO5. The fourth-order valence-corrected chi connectivity index (χ4v) is 1.51. The first-order valence-electron chi connectivity index (χ1n) is 6.03. The molecule has 0 unspecified atom stereocenters. The van der Waals surface area contributed by atoms with Gasteiger partial charge in [-0.15, -0.1) is 0 Å². The van der Waals surface area contributed by atoms with E-state index < -0.39 is 0 Å². The number of aromatic hydroxyl groups is 1. The van der Waals surface area contributed by atoms with Crippen molar-refractivity contribution in [2.24, 2.45) is 0 Å². The van der Waals surface area contributed by atoms with Crippen LogP contribution < -0.4 is 10.1 Å². The van der Waals surface area contributed by atoms with Crippen LogP contribution in [0.25, 0.3) is 0 Å². The SMILES string of the molecule is COc1cccc(C(=O)NCCCOCCO)c1O. The Bertz CT molecular complexity index is 408. The first-order chi connectivity index (χ1) is 9.20. The van der Waals surface area contributed by atoms with Crippen LogP contribution in [-0.4, -0.2) is 49.6 Å². The molecule has 106 valence electrons. The summed E-state index contributed by atoms with van der Waals surface area (Å²) >= 11 is 0. The van der Waals surface area contributed by atoms with Crippen molar-refractivity contribution in [3.63, 3.8) is 0 Å². The van der Waals surface area contributed by atoms with Gasteiger partial charge in [0.15, 0.2) is 11.5 Å². The number of carbonyl (C=O) groups excluding carboxylic acids is 1. The van der Waals surface area contributed by atoms with Crippen molar-refractivity contribution in [3.05, 3.63) is 23.8 Å². The average Bonchev–Trinajstić information content (AvgIpc) is 2.42. The number of methoxy groups -OCH3 is 1. The van der Waals surface area contributed by atoms with Gasteiger partial charge in [-0.3, -0.25) is 4.79 Å². The summed E-state index contributed by atoms with van der Waals surface area (Å²) in [5, 5.41) is 21.0. The van der Waals surface area contributed by atoms with Gasteiger partial charge in [-0.2, -0.15) is 0 Å². The standard InChI is InChI=1S/C13H19NO5/c1-18-11-5-2-4-10(12(11)16)13(17)14-6-3-8-19-9-7-15/h2,4-5,15-16H,3,6-9H2,1H3,(H,14,17). The first-order valence-corrected chi connectivity index (χ1v) is 6.03. The highest BCUT2D eigenvalue weighted by molar-refractivity contribution is 5.97. The number of ether oxygens (including phenoxy) is 2. The van der Waals surface area contributed by atoms with E-state index in [0.717, 1.165) is 0 Å². The molecule has 0 atom stereocenters. The van der Waals surface area contributed by atoms with E-state index in [2.05, 4.69) is 5.32 Å². The molecule has 3 N–H and O–H groups in total. The van der Waals surface area contributed by atoms with Crippen LogP contribution in [0.1, 0.15) is 16.8 Å². The lowest BCUT2D eigenvalue weighted by atomic mass is 10.1. The van der Waals surface area contributed by atoms with E-state index in [9.17, 15) is 9.90 Å². The number of carbonyl (C=O) groups is 1. The lowest BCUT2D eigenvalue weighted by Crippen LogP contribution is -2.25. The minimum absolute atomic E-state index is 0.00988. The number of hydrogen-bond acceptors (Lipinski definition) is 5. The van der Waals surface area contributed by atoms with Crippen molar-refractivity contribution in [2.45, 2.75) is 6.42 Å². The Kier molecular flexibility index (Phi) is 6.70. The summed E-state index contributed by atoms with van der Waals surface area (Å²) in [6.45, 7) is 1.18. The molecule has 0 fully saturated rings. The summed E-state index contributed by atoms with van der Waals surface area (Å²) in [5.74, 6) is -0.267. The largest absolute Gasteiger partial charge is 0.504 e. The third-order valence-electron chi connectivity index (χ3n) is 2.45. The molecule has 0 bridgehead atoms. The fourth-order valence-electron chi connectivity index (χ4n) is 1.51. The summed E-state index contributed by atoms with van der Waals surface area (Å²) in [5.41, 5.74) is 0.177. The van der Waals surface area contributed by atoms with E-state index in [1.165, 1.54) is 13.2 Å². The molecule has 1 aromatic rings. The number of phenols is 1. The smallest absolute Gasteiger partial charge is 0.255 e. The van der Waals surface area contributed by atoms with Crippen LogP contribution in [0.5, 0.6) is 11.5 Å². The van der Waals surface area contributed by atoms with Gasteiger partial charge in [0.1, 0.15) is 0 Å². The second kappa shape index (κ2) is 8.34. The van der Waals surface area contributed by atoms with Crippen molar-refractivity contribution < 1.29 is 24.5 Å². The number of nitrogens with one attached hydrogen (secondary N) is 1. The van der Waals surface area contributed by atoms with Crippen molar-refractivity contribution in [2.75, 3.05) is 33.5 Å². The number of amides is 1. The van der Waals surface area contributed by atoms with E-state index in [4.69, 9.17) is 14.6 Å². The van der Waals surface area contributed by atoms with Crippen LogP contribution in [0.15, 0.2) is 18.2 Å². The Morgan fingerprint density at radius 2 is 2.16 bits per heavy atom. The zero-order valence-electron chi connectivity index (χ0n) is 10.9. The van der Waals surface area contributed by atoms with Crippen molar-refractivity contribution in [3.8, 4) is 11.5 Å². The van der Waals surface area contributed by atoms with Crippen molar-refractivity contribution >= 4 is 5.91 Å². The highest BCUT2D eigenvalue weighted by atomic mass is 16.5. The van der Waals surface area contributed by atoms with E-state index in [1.54, 1.807) is 12.1 Å². The van der Waals surface area contributed by atoms with E-state index in [0.29, 0.717) is 26.2 Å². The minimum Gasteiger partial charge on any atom is -0.504 e. The lowest BCUT2D eigenvalue weighted by molar-refractivity contribution is 0.0866. The van der Waals surface area contributed by atoms with Gasteiger partial charge in [0.2, 0.25) is 0 Å². The Labute approximate surface area is 112 Å². The molecule has 1 aromatic carbocycles. The average molecular weight is 269 g/mol. The molecule has 0 saturated carbocycles. The topological polar surface area (TPSA) is 88.0 Å².